The van der Waals surface area contributed by atoms with Crippen molar-refractivity contribution in [1.82, 2.24) is 19.7 Å². The van der Waals surface area contributed by atoms with Gasteiger partial charge in [-0.1, -0.05) is 12.1 Å². The van der Waals surface area contributed by atoms with Gasteiger partial charge in [0.15, 0.2) is 17.3 Å². The molecule has 0 bridgehead atoms. The van der Waals surface area contributed by atoms with Crippen LogP contribution in [-0.2, 0) is 4.79 Å². The zero-order valence-electron chi connectivity index (χ0n) is 16.4. The standard InChI is InChI=1S/C21H17N5O5/c1-12-9-19(27)24-21(22-12)26-18(10-13(25-26)14-7-4-8-29-14)23-20(28)17-11-30-15-5-2-3-6-16(15)31-17/h2-10,17H,11H2,1H3,(H,23,28)(H,22,24,27)/t17-/m1/s1. The number of anilines is 1. The minimum Gasteiger partial charge on any atom is -0.485 e. The summed E-state index contributed by atoms with van der Waals surface area (Å²) >= 11 is 0. The molecule has 10 nitrogen and oxygen atoms in total. The van der Waals surface area contributed by atoms with Gasteiger partial charge in [0.2, 0.25) is 12.1 Å². The third-order valence-corrected chi connectivity index (χ3v) is 4.59. The Hall–Kier alpha value is -4.34. The molecule has 0 unspecified atom stereocenters. The Kier molecular flexibility index (Phi) is 4.51. The quantitative estimate of drug-likeness (QED) is 0.520. The molecule has 5 rings (SSSR count). The van der Waals surface area contributed by atoms with E-state index in [-0.39, 0.29) is 23.9 Å². The Labute approximate surface area is 175 Å². The molecule has 1 aromatic carbocycles. The van der Waals surface area contributed by atoms with E-state index in [0.717, 1.165) is 0 Å². The first-order valence-electron chi connectivity index (χ1n) is 9.48. The lowest BCUT2D eigenvalue weighted by molar-refractivity contribution is -0.125. The van der Waals surface area contributed by atoms with Gasteiger partial charge in [0.05, 0.1) is 6.26 Å². The summed E-state index contributed by atoms with van der Waals surface area (Å²) in [6, 6.07) is 13.6. The summed E-state index contributed by atoms with van der Waals surface area (Å²) in [6.07, 6.45) is 0.652. The molecule has 2 N–H and O–H groups in total. The van der Waals surface area contributed by atoms with Gasteiger partial charge in [-0.05, 0) is 31.2 Å². The van der Waals surface area contributed by atoms with Crippen molar-refractivity contribution >= 4 is 11.7 Å². The van der Waals surface area contributed by atoms with Crippen LogP contribution in [0.15, 0.2) is 64.0 Å². The Morgan fingerprint density at radius 2 is 2.03 bits per heavy atom. The van der Waals surface area contributed by atoms with Crippen LogP contribution in [0.5, 0.6) is 11.5 Å². The summed E-state index contributed by atoms with van der Waals surface area (Å²) in [7, 11) is 0. The van der Waals surface area contributed by atoms with E-state index in [1.165, 1.54) is 17.0 Å². The molecular formula is C21H17N5O5. The number of furan rings is 1. The number of aromatic nitrogens is 4. The molecule has 0 radical (unpaired) electrons. The van der Waals surface area contributed by atoms with Crippen LogP contribution in [0.2, 0.25) is 0 Å². The van der Waals surface area contributed by atoms with Crippen LogP contribution < -0.4 is 20.3 Å². The topological polar surface area (TPSA) is 124 Å². The average molecular weight is 419 g/mol. The van der Waals surface area contributed by atoms with E-state index in [1.54, 1.807) is 43.3 Å². The molecule has 10 heteroatoms. The van der Waals surface area contributed by atoms with E-state index in [0.29, 0.717) is 28.6 Å². The minimum absolute atomic E-state index is 0.0571. The van der Waals surface area contributed by atoms with E-state index in [2.05, 4.69) is 20.4 Å². The van der Waals surface area contributed by atoms with Crippen LogP contribution in [0, 0.1) is 6.92 Å². The summed E-state index contributed by atoms with van der Waals surface area (Å²) in [6.45, 7) is 1.75. The fourth-order valence-electron chi connectivity index (χ4n) is 3.20. The van der Waals surface area contributed by atoms with Gasteiger partial charge < -0.3 is 19.2 Å². The van der Waals surface area contributed by atoms with Gasteiger partial charge in [-0.15, -0.1) is 0 Å². The number of amides is 1. The average Bonchev–Trinajstić information content (AvgIpc) is 3.43. The SMILES string of the molecule is Cc1cc(=O)[nH]c(-n2nc(-c3ccco3)cc2NC(=O)[C@H]2COc3ccccc3O2)n1. The van der Waals surface area contributed by atoms with Gasteiger partial charge in [-0.2, -0.15) is 9.78 Å². The second-order valence-electron chi connectivity index (χ2n) is 6.87. The molecule has 4 aromatic rings. The number of nitrogens with zero attached hydrogens (tertiary/aromatic N) is 3. The lowest BCUT2D eigenvalue weighted by Crippen LogP contribution is -2.40. The third-order valence-electron chi connectivity index (χ3n) is 4.59. The highest BCUT2D eigenvalue weighted by molar-refractivity contribution is 5.94. The molecular weight excluding hydrogens is 402 g/mol. The Morgan fingerprint density at radius 3 is 2.81 bits per heavy atom. The maximum absolute atomic E-state index is 12.9. The fraction of sp³-hybridized carbons (Fsp3) is 0.143. The van der Waals surface area contributed by atoms with E-state index < -0.39 is 12.0 Å². The van der Waals surface area contributed by atoms with Crippen LogP contribution >= 0.6 is 0 Å². The van der Waals surface area contributed by atoms with Crippen LogP contribution in [0.3, 0.4) is 0 Å². The number of rotatable bonds is 4. The number of fused-ring (bicyclic) bond motifs is 1. The number of hydrogen-bond donors (Lipinski definition) is 2. The molecule has 0 saturated heterocycles. The Morgan fingerprint density at radius 1 is 1.19 bits per heavy atom. The first-order valence-corrected chi connectivity index (χ1v) is 9.48. The van der Waals surface area contributed by atoms with Crippen molar-refractivity contribution in [2.24, 2.45) is 0 Å². The summed E-state index contributed by atoms with van der Waals surface area (Å²) in [4.78, 5) is 31.8. The van der Waals surface area contributed by atoms with Gasteiger partial charge in [0, 0.05) is 17.8 Å². The van der Waals surface area contributed by atoms with Gasteiger partial charge in [0.25, 0.3) is 11.5 Å². The second kappa shape index (κ2) is 7.48. The predicted molar refractivity (Wildman–Crippen MR) is 109 cm³/mol. The highest BCUT2D eigenvalue weighted by Crippen LogP contribution is 2.31. The Bertz CT molecular complexity index is 1310. The highest BCUT2D eigenvalue weighted by atomic mass is 16.6. The van der Waals surface area contributed by atoms with Crippen molar-refractivity contribution in [1.29, 1.82) is 0 Å². The number of H-pyrrole nitrogens is 1. The third kappa shape index (κ3) is 3.66. The molecule has 1 atom stereocenters. The van der Waals surface area contributed by atoms with Crippen molar-refractivity contribution in [3.05, 3.63) is 70.8 Å². The molecule has 0 fully saturated rings. The van der Waals surface area contributed by atoms with E-state index in [9.17, 15) is 9.59 Å². The molecule has 1 amide bonds. The van der Waals surface area contributed by atoms with Gasteiger partial charge in [-0.3, -0.25) is 14.6 Å². The molecule has 1 aliphatic heterocycles. The normalized spacial score (nSPS) is 14.9. The molecule has 1 aliphatic rings. The second-order valence-corrected chi connectivity index (χ2v) is 6.87. The smallest absolute Gasteiger partial charge is 0.270 e. The van der Waals surface area contributed by atoms with Crippen molar-refractivity contribution in [2.45, 2.75) is 13.0 Å². The van der Waals surface area contributed by atoms with E-state index in [1.807, 2.05) is 6.07 Å². The summed E-state index contributed by atoms with van der Waals surface area (Å²) in [5.74, 6) is 1.57. The first-order chi connectivity index (χ1) is 15.1. The molecule has 4 heterocycles. The molecule has 0 aliphatic carbocycles. The molecule has 31 heavy (non-hydrogen) atoms. The molecule has 0 saturated carbocycles. The first kappa shape index (κ1) is 18.7. The number of benzene rings is 1. The van der Waals surface area contributed by atoms with Crippen molar-refractivity contribution < 1.29 is 18.7 Å². The van der Waals surface area contributed by atoms with Gasteiger partial charge in [-0.25, -0.2) is 4.98 Å². The Balaban J connectivity index is 1.48. The zero-order chi connectivity index (χ0) is 21.4. The van der Waals surface area contributed by atoms with E-state index >= 15 is 0 Å². The van der Waals surface area contributed by atoms with Gasteiger partial charge >= 0.3 is 0 Å². The summed E-state index contributed by atoms with van der Waals surface area (Å²) in [5.41, 5.74) is 0.623. The number of aryl methyl sites for hydroxylation is 1. The monoisotopic (exact) mass is 419 g/mol. The highest BCUT2D eigenvalue weighted by Gasteiger charge is 2.28. The summed E-state index contributed by atoms with van der Waals surface area (Å²) < 4.78 is 18.1. The number of carbonyl (C=O) groups excluding carboxylic acids is 1. The van der Waals surface area contributed by atoms with Crippen molar-refractivity contribution in [3.8, 4) is 28.9 Å². The fourth-order valence-corrected chi connectivity index (χ4v) is 3.20. The van der Waals surface area contributed by atoms with Crippen molar-refractivity contribution in [2.75, 3.05) is 11.9 Å². The van der Waals surface area contributed by atoms with Crippen LogP contribution in [-0.4, -0.2) is 38.4 Å². The lowest BCUT2D eigenvalue weighted by Gasteiger charge is -2.25. The maximum Gasteiger partial charge on any atom is 0.270 e. The molecule has 156 valence electrons. The largest absolute Gasteiger partial charge is 0.485 e. The maximum atomic E-state index is 12.9. The number of aromatic amines is 1. The predicted octanol–water partition coefficient (Wildman–Crippen LogP) is 2.30. The number of hydrogen-bond acceptors (Lipinski definition) is 7. The minimum atomic E-state index is -0.866. The van der Waals surface area contributed by atoms with Crippen LogP contribution in [0.25, 0.3) is 17.4 Å². The molecule has 3 aromatic heterocycles. The van der Waals surface area contributed by atoms with Crippen LogP contribution in [0.4, 0.5) is 5.82 Å². The number of nitrogens with one attached hydrogen (secondary N) is 2. The van der Waals surface area contributed by atoms with Crippen molar-refractivity contribution in [3.63, 3.8) is 0 Å². The number of ether oxygens (including phenoxy) is 2. The zero-order valence-corrected chi connectivity index (χ0v) is 16.4. The van der Waals surface area contributed by atoms with Crippen LogP contribution in [0.1, 0.15) is 5.69 Å². The summed E-state index contributed by atoms with van der Waals surface area (Å²) in [5, 5.41) is 7.23. The molecule has 0 spiro atoms. The number of carbonyl (C=O) groups is 1. The number of para-hydroxylation sites is 2. The lowest BCUT2D eigenvalue weighted by atomic mass is 10.2. The van der Waals surface area contributed by atoms with E-state index in [4.69, 9.17) is 13.9 Å². The van der Waals surface area contributed by atoms with Gasteiger partial charge in [0.1, 0.15) is 18.1 Å².